The number of carbonyl (C=O) groups is 1. The molecule has 8 heteroatoms. The van der Waals surface area contributed by atoms with Crippen molar-refractivity contribution in [3.8, 4) is 0 Å². The zero-order valence-corrected chi connectivity index (χ0v) is 16.5. The van der Waals surface area contributed by atoms with Gasteiger partial charge in [-0.1, -0.05) is 11.6 Å². The van der Waals surface area contributed by atoms with Gasteiger partial charge in [0.15, 0.2) is 9.84 Å². The molecule has 0 saturated carbocycles. The van der Waals surface area contributed by atoms with Gasteiger partial charge in [-0.2, -0.15) is 0 Å². The molecule has 1 aliphatic rings. The third kappa shape index (κ3) is 3.59. The Kier molecular flexibility index (Phi) is 5.03. The summed E-state index contributed by atoms with van der Waals surface area (Å²) in [6.07, 6.45) is 2.47. The molecule has 1 saturated heterocycles. The number of rotatable bonds is 3. The molecule has 1 fully saturated rings. The largest absolute Gasteiger partial charge is 0.337 e. The number of amides is 1. The fourth-order valence-corrected chi connectivity index (χ4v) is 5.28. The zero-order chi connectivity index (χ0) is 19.7. The SMILES string of the molecule is O=C(c1ccc2ncccc2n1)N1CCC(S(=O)(=O)c2ccc(Cl)cc2)CC1. The summed E-state index contributed by atoms with van der Waals surface area (Å²) in [7, 11) is -3.44. The molecular weight excluding hydrogens is 398 g/mol. The molecule has 0 unspecified atom stereocenters. The van der Waals surface area contributed by atoms with Crippen LogP contribution in [0.5, 0.6) is 0 Å². The maximum Gasteiger partial charge on any atom is 0.272 e. The van der Waals surface area contributed by atoms with Crippen LogP contribution in [0.2, 0.25) is 5.02 Å². The van der Waals surface area contributed by atoms with Gasteiger partial charge in [0.2, 0.25) is 0 Å². The van der Waals surface area contributed by atoms with Crippen LogP contribution < -0.4 is 0 Å². The average molecular weight is 416 g/mol. The Balaban J connectivity index is 1.47. The van der Waals surface area contributed by atoms with Gasteiger partial charge in [-0.25, -0.2) is 13.4 Å². The molecule has 3 heterocycles. The van der Waals surface area contributed by atoms with Crippen molar-refractivity contribution < 1.29 is 13.2 Å². The molecule has 0 radical (unpaired) electrons. The number of hydrogen-bond donors (Lipinski definition) is 0. The minimum atomic E-state index is -3.44. The van der Waals surface area contributed by atoms with E-state index < -0.39 is 15.1 Å². The summed E-state index contributed by atoms with van der Waals surface area (Å²) in [6, 6.07) is 13.2. The van der Waals surface area contributed by atoms with E-state index in [0.29, 0.717) is 42.2 Å². The van der Waals surface area contributed by atoms with Crippen molar-refractivity contribution >= 4 is 38.4 Å². The average Bonchev–Trinajstić information content (AvgIpc) is 2.73. The van der Waals surface area contributed by atoms with Crippen LogP contribution >= 0.6 is 11.6 Å². The summed E-state index contributed by atoms with van der Waals surface area (Å²) in [5, 5.41) is -0.0102. The lowest BCUT2D eigenvalue weighted by molar-refractivity contribution is 0.0720. The van der Waals surface area contributed by atoms with Crippen molar-refractivity contribution in [1.82, 2.24) is 14.9 Å². The number of piperidine rings is 1. The highest BCUT2D eigenvalue weighted by atomic mass is 35.5. The van der Waals surface area contributed by atoms with Crippen molar-refractivity contribution in [1.29, 1.82) is 0 Å². The van der Waals surface area contributed by atoms with E-state index in [1.54, 1.807) is 41.4 Å². The molecule has 4 rings (SSSR count). The molecule has 28 heavy (non-hydrogen) atoms. The minimum absolute atomic E-state index is 0.187. The number of aromatic nitrogens is 2. The second-order valence-electron chi connectivity index (χ2n) is 6.73. The van der Waals surface area contributed by atoms with Crippen LogP contribution in [-0.2, 0) is 9.84 Å². The Hall–Kier alpha value is -2.51. The van der Waals surface area contributed by atoms with E-state index in [9.17, 15) is 13.2 Å². The van der Waals surface area contributed by atoms with Gasteiger partial charge in [-0.05, 0) is 61.4 Å². The van der Waals surface area contributed by atoms with Crippen molar-refractivity contribution in [2.75, 3.05) is 13.1 Å². The lowest BCUT2D eigenvalue weighted by atomic mass is 10.1. The number of benzene rings is 1. The molecule has 0 atom stereocenters. The first-order chi connectivity index (χ1) is 13.4. The number of nitrogens with zero attached hydrogens (tertiary/aromatic N) is 3. The summed E-state index contributed by atoms with van der Waals surface area (Å²) in [6.45, 7) is 0.756. The van der Waals surface area contributed by atoms with Crippen molar-refractivity contribution in [3.63, 3.8) is 0 Å². The van der Waals surface area contributed by atoms with Crippen molar-refractivity contribution in [2.45, 2.75) is 23.0 Å². The Labute approximate surface area is 168 Å². The number of pyridine rings is 2. The summed E-state index contributed by atoms with van der Waals surface area (Å²) < 4.78 is 25.7. The normalized spacial score (nSPS) is 15.7. The monoisotopic (exact) mass is 415 g/mol. The highest BCUT2D eigenvalue weighted by Crippen LogP contribution is 2.26. The van der Waals surface area contributed by atoms with Gasteiger partial charge in [-0.3, -0.25) is 9.78 Å². The van der Waals surface area contributed by atoms with Crippen LogP contribution in [0.3, 0.4) is 0 Å². The standard InChI is InChI=1S/C20H18ClN3O3S/c21-14-3-5-15(6-4-14)28(26,27)16-9-12-24(13-10-16)20(25)19-8-7-17-18(23-19)2-1-11-22-17/h1-8,11,16H,9-10,12-13H2. The van der Waals surface area contributed by atoms with E-state index in [-0.39, 0.29) is 10.8 Å². The van der Waals surface area contributed by atoms with Crippen LogP contribution in [0.4, 0.5) is 0 Å². The predicted molar refractivity (Wildman–Crippen MR) is 107 cm³/mol. The van der Waals surface area contributed by atoms with Gasteiger partial charge in [-0.15, -0.1) is 0 Å². The molecule has 1 amide bonds. The van der Waals surface area contributed by atoms with Crippen molar-refractivity contribution in [3.05, 3.63) is 65.4 Å². The lowest BCUT2D eigenvalue weighted by Crippen LogP contribution is -2.42. The molecule has 3 aromatic rings. The Morgan fingerprint density at radius 2 is 1.71 bits per heavy atom. The van der Waals surface area contributed by atoms with E-state index in [2.05, 4.69) is 9.97 Å². The van der Waals surface area contributed by atoms with E-state index in [4.69, 9.17) is 11.6 Å². The first kappa shape index (κ1) is 18.8. The summed E-state index contributed by atoms with van der Waals surface area (Å²) in [5.41, 5.74) is 1.74. The van der Waals surface area contributed by atoms with E-state index >= 15 is 0 Å². The van der Waals surface area contributed by atoms with Crippen LogP contribution in [0.15, 0.2) is 59.6 Å². The van der Waals surface area contributed by atoms with E-state index in [1.165, 1.54) is 12.1 Å². The van der Waals surface area contributed by atoms with Gasteiger partial charge in [0.25, 0.3) is 5.91 Å². The molecule has 0 aliphatic carbocycles. The van der Waals surface area contributed by atoms with E-state index in [1.807, 2.05) is 6.07 Å². The van der Waals surface area contributed by atoms with Gasteiger partial charge in [0.1, 0.15) is 5.69 Å². The Bertz CT molecular complexity index is 1120. The molecule has 144 valence electrons. The quantitative estimate of drug-likeness (QED) is 0.655. The van der Waals surface area contributed by atoms with Gasteiger partial charge >= 0.3 is 0 Å². The number of fused-ring (bicyclic) bond motifs is 1. The van der Waals surface area contributed by atoms with Crippen LogP contribution in [-0.4, -0.2) is 47.5 Å². The number of halogens is 1. The molecule has 0 N–H and O–H groups in total. The number of likely N-dealkylation sites (tertiary alicyclic amines) is 1. The predicted octanol–water partition coefficient (Wildman–Crippen LogP) is 3.36. The molecule has 6 nitrogen and oxygen atoms in total. The minimum Gasteiger partial charge on any atom is -0.337 e. The summed E-state index contributed by atoms with van der Waals surface area (Å²) in [5.74, 6) is -0.187. The third-order valence-corrected chi connectivity index (χ3v) is 7.52. The number of hydrogen-bond acceptors (Lipinski definition) is 5. The molecule has 1 aromatic carbocycles. The first-order valence-corrected chi connectivity index (χ1v) is 10.9. The molecule has 2 aromatic heterocycles. The summed E-state index contributed by atoms with van der Waals surface area (Å²) in [4.78, 5) is 23.3. The van der Waals surface area contributed by atoms with Gasteiger partial charge < -0.3 is 4.90 Å². The second-order valence-corrected chi connectivity index (χ2v) is 9.39. The number of carbonyl (C=O) groups excluding carboxylic acids is 1. The fraction of sp³-hybridized carbons (Fsp3) is 0.250. The topological polar surface area (TPSA) is 80.2 Å². The summed E-state index contributed by atoms with van der Waals surface area (Å²) >= 11 is 5.85. The molecule has 1 aliphatic heterocycles. The Morgan fingerprint density at radius 1 is 1.00 bits per heavy atom. The van der Waals surface area contributed by atoms with Crippen LogP contribution in [0, 0.1) is 0 Å². The second kappa shape index (κ2) is 7.48. The highest BCUT2D eigenvalue weighted by molar-refractivity contribution is 7.92. The van der Waals surface area contributed by atoms with E-state index in [0.717, 1.165) is 5.52 Å². The van der Waals surface area contributed by atoms with Crippen LogP contribution in [0.1, 0.15) is 23.3 Å². The van der Waals surface area contributed by atoms with Crippen molar-refractivity contribution in [2.24, 2.45) is 0 Å². The molecular formula is C20H18ClN3O3S. The molecule has 0 spiro atoms. The fourth-order valence-electron chi connectivity index (χ4n) is 3.42. The maximum atomic E-state index is 12.8. The van der Waals surface area contributed by atoms with Gasteiger partial charge in [0.05, 0.1) is 21.2 Å². The Morgan fingerprint density at radius 3 is 2.43 bits per heavy atom. The lowest BCUT2D eigenvalue weighted by Gasteiger charge is -2.31. The van der Waals surface area contributed by atoms with Gasteiger partial charge in [0, 0.05) is 24.3 Å². The molecule has 0 bridgehead atoms. The first-order valence-electron chi connectivity index (χ1n) is 8.96. The third-order valence-electron chi connectivity index (χ3n) is 4.99. The van der Waals surface area contributed by atoms with Crippen LogP contribution in [0.25, 0.3) is 11.0 Å². The smallest absolute Gasteiger partial charge is 0.272 e. The number of sulfone groups is 1. The maximum absolute atomic E-state index is 12.8. The highest BCUT2D eigenvalue weighted by Gasteiger charge is 2.33. The zero-order valence-electron chi connectivity index (χ0n) is 15.0.